The van der Waals surface area contributed by atoms with Gasteiger partial charge in [0.05, 0.1) is 6.04 Å². The second kappa shape index (κ2) is 5.35. The molecule has 2 atom stereocenters. The van der Waals surface area contributed by atoms with Crippen molar-refractivity contribution in [2.45, 2.75) is 45.6 Å². The Balaban J connectivity index is 2.47. The first-order valence-corrected chi connectivity index (χ1v) is 5.73. The lowest BCUT2D eigenvalue weighted by Crippen LogP contribution is -2.47. The molecule has 1 aliphatic heterocycles. The minimum Gasteiger partial charge on any atom is -0.341 e. The van der Waals surface area contributed by atoms with Crippen molar-refractivity contribution in [2.24, 2.45) is 11.7 Å². The highest BCUT2D eigenvalue weighted by molar-refractivity contribution is 5.81. The van der Waals surface area contributed by atoms with Gasteiger partial charge in [0.15, 0.2) is 0 Å². The van der Waals surface area contributed by atoms with Crippen LogP contribution in [0.15, 0.2) is 0 Å². The third-order valence-electron chi connectivity index (χ3n) is 3.17. The molecule has 0 saturated carbocycles. The van der Waals surface area contributed by atoms with Gasteiger partial charge in [-0.05, 0) is 25.2 Å². The molecule has 1 rings (SSSR count). The van der Waals surface area contributed by atoms with Crippen LogP contribution >= 0.6 is 0 Å². The molecule has 0 radical (unpaired) electrons. The normalized spacial score (nSPS) is 24.8. The van der Waals surface area contributed by atoms with E-state index >= 15 is 0 Å². The zero-order valence-corrected chi connectivity index (χ0v) is 9.33. The molecule has 82 valence electrons. The monoisotopic (exact) mass is 198 g/mol. The molecular weight excluding hydrogens is 176 g/mol. The van der Waals surface area contributed by atoms with Gasteiger partial charge in [0.2, 0.25) is 5.91 Å². The second-order valence-corrected chi connectivity index (χ2v) is 4.22. The van der Waals surface area contributed by atoms with E-state index in [4.69, 9.17) is 5.73 Å². The Hall–Kier alpha value is -0.570. The van der Waals surface area contributed by atoms with Gasteiger partial charge in [0.25, 0.3) is 0 Å². The molecule has 3 nitrogen and oxygen atoms in total. The molecule has 1 heterocycles. The van der Waals surface area contributed by atoms with Crippen molar-refractivity contribution in [2.75, 3.05) is 13.1 Å². The van der Waals surface area contributed by atoms with Crippen molar-refractivity contribution in [3.8, 4) is 0 Å². The lowest BCUT2D eigenvalue weighted by Gasteiger charge is -2.33. The van der Waals surface area contributed by atoms with E-state index in [1.54, 1.807) is 0 Å². The third kappa shape index (κ3) is 2.71. The van der Waals surface area contributed by atoms with Crippen molar-refractivity contribution >= 4 is 5.91 Å². The maximum atomic E-state index is 11.8. The molecule has 0 bridgehead atoms. The predicted octanol–water partition coefficient (Wildman–Crippen LogP) is 1.37. The minimum atomic E-state index is -0.286. The molecule has 1 saturated heterocycles. The van der Waals surface area contributed by atoms with E-state index in [1.807, 2.05) is 11.8 Å². The van der Waals surface area contributed by atoms with Crippen molar-refractivity contribution in [3.05, 3.63) is 0 Å². The Morgan fingerprint density at radius 3 is 2.86 bits per heavy atom. The molecular formula is C11H22N2O. The molecule has 1 aliphatic rings. The number of carbonyl (C=O) groups excluding carboxylic acids is 1. The Kier molecular flexibility index (Phi) is 4.39. The average molecular weight is 198 g/mol. The highest BCUT2D eigenvalue weighted by atomic mass is 16.2. The lowest BCUT2D eigenvalue weighted by molar-refractivity contribution is -0.134. The molecule has 14 heavy (non-hydrogen) atoms. The zero-order valence-electron chi connectivity index (χ0n) is 9.33. The van der Waals surface area contributed by atoms with Crippen LogP contribution in [0.1, 0.15) is 39.5 Å². The summed E-state index contributed by atoms with van der Waals surface area (Å²) >= 11 is 0. The Bertz CT molecular complexity index is 194. The van der Waals surface area contributed by atoms with Crippen molar-refractivity contribution in [1.29, 1.82) is 0 Å². The van der Waals surface area contributed by atoms with Gasteiger partial charge in [0.1, 0.15) is 0 Å². The highest BCUT2D eigenvalue weighted by Crippen LogP contribution is 2.19. The first-order chi connectivity index (χ1) is 6.69. The van der Waals surface area contributed by atoms with Gasteiger partial charge in [-0.1, -0.05) is 20.3 Å². The topological polar surface area (TPSA) is 46.3 Å². The summed E-state index contributed by atoms with van der Waals surface area (Å²) in [5, 5.41) is 0. The van der Waals surface area contributed by atoms with Gasteiger partial charge in [-0.3, -0.25) is 4.79 Å². The number of amides is 1. The fraction of sp³-hybridized carbons (Fsp3) is 0.909. The van der Waals surface area contributed by atoms with Gasteiger partial charge in [-0.25, -0.2) is 0 Å². The van der Waals surface area contributed by atoms with Crippen LogP contribution < -0.4 is 5.73 Å². The number of likely N-dealkylation sites (tertiary alicyclic amines) is 1. The minimum absolute atomic E-state index is 0.144. The van der Waals surface area contributed by atoms with Crippen LogP contribution in [0.3, 0.4) is 0 Å². The number of hydrogen-bond donors (Lipinski definition) is 1. The third-order valence-corrected chi connectivity index (χ3v) is 3.17. The SMILES string of the molecule is CCC1CCCN(C(=O)C(N)CC)C1. The fourth-order valence-electron chi connectivity index (χ4n) is 2.01. The number of nitrogens with two attached hydrogens (primary N) is 1. The largest absolute Gasteiger partial charge is 0.341 e. The molecule has 0 aromatic heterocycles. The Morgan fingerprint density at radius 2 is 2.29 bits per heavy atom. The van der Waals surface area contributed by atoms with Gasteiger partial charge in [-0.15, -0.1) is 0 Å². The summed E-state index contributed by atoms with van der Waals surface area (Å²) in [6, 6.07) is -0.286. The van der Waals surface area contributed by atoms with E-state index in [2.05, 4.69) is 6.92 Å². The molecule has 0 aromatic carbocycles. The quantitative estimate of drug-likeness (QED) is 0.744. The molecule has 1 fully saturated rings. The van der Waals surface area contributed by atoms with E-state index in [0.717, 1.165) is 25.9 Å². The zero-order chi connectivity index (χ0) is 10.6. The molecule has 0 spiro atoms. The summed E-state index contributed by atoms with van der Waals surface area (Å²) in [5.74, 6) is 0.836. The van der Waals surface area contributed by atoms with Crippen molar-refractivity contribution < 1.29 is 4.79 Å². The number of rotatable bonds is 3. The maximum absolute atomic E-state index is 11.8. The Morgan fingerprint density at radius 1 is 1.57 bits per heavy atom. The van der Waals surface area contributed by atoms with Crippen LogP contribution in [0.2, 0.25) is 0 Å². The maximum Gasteiger partial charge on any atom is 0.239 e. The van der Waals surface area contributed by atoms with Crippen LogP contribution in [0.4, 0.5) is 0 Å². The molecule has 2 unspecified atom stereocenters. The summed E-state index contributed by atoms with van der Waals surface area (Å²) < 4.78 is 0. The van der Waals surface area contributed by atoms with Crippen molar-refractivity contribution in [3.63, 3.8) is 0 Å². The number of hydrogen-bond acceptors (Lipinski definition) is 2. The summed E-state index contributed by atoms with van der Waals surface area (Å²) in [6.07, 6.45) is 4.32. The lowest BCUT2D eigenvalue weighted by atomic mass is 9.95. The highest BCUT2D eigenvalue weighted by Gasteiger charge is 2.25. The summed E-state index contributed by atoms with van der Waals surface area (Å²) in [6.45, 7) is 5.98. The van der Waals surface area contributed by atoms with E-state index in [0.29, 0.717) is 5.92 Å². The molecule has 3 heteroatoms. The molecule has 0 aromatic rings. The number of nitrogens with zero attached hydrogens (tertiary/aromatic N) is 1. The van der Waals surface area contributed by atoms with E-state index in [1.165, 1.54) is 12.8 Å². The predicted molar refractivity (Wildman–Crippen MR) is 57.9 cm³/mol. The van der Waals surface area contributed by atoms with E-state index in [9.17, 15) is 4.79 Å². The molecule has 1 amide bonds. The van der Waals surface area contributed by atoms with Crippen LogP contribution in [-0.2, 0) is 4.79 Å². The molecule has 2 N–H and O–H groups in total. The van der Waals surface area contributed by atoms with Crippen LogP contribution in [0.5, 0.6) is 0 Å². The summed E-state index contributed by atoms with van der Waals surface area (Å²) in [7, 11) is 0. The summed E-state index contributed by atoms with van der Waals surface area (Å²) in [4.78, 5) is 13.7. The second-order valence-electron chi connectivity index (χ2n) is 4.22. The van der Waals surface area contributed by atoms with Gasteiger partial charge in [-0.2, -0.15) is 0 Å². The van der Waals surface area contributed by atoms with Crippen molar-refractivity contribution in [1.82, 2.24) is 4.90 Å². The van der Waals surface area contributed by atoms with Crippen LogP contribution in [-0.4, -0.2) is 29.9 Å². The first-order valence-electron chi connectivity index (χ1n) is 5.73. The first kappa shape index (κ1) is 11.5. The van der Waals surface area contributed by atoms with Gasteiger partial charge in [0, 0.05) is 13.1 Å². The van der Waals surface area contributed by atoms with Crippen LogP contribution in [0.25, 0.3) is 0 Å². The van der Waals surface area contributed by atoms with E-state index in [-0.39, 0.29) is 11.9 Å². The van der Waals surface area contributed by atoms with Crippen LogP contribution in [0, 0.1) is 5.92 Å². The fourth-order valence-corrected chi connectivity index (χ4v) is 2.01. The van der Waals surface area contributed by atoms with E-state index < -0.39 is 0 Å². The molecule has 0 aliphatic carbocycles. The Labute approximate surface area is 86.6 Å². The average Bonchev–Trinajstić information content (AvgIpc) is 2.27. The summed E-state index contributed by atoms with van der Waals surface area (Å²) in [5.41, 5.74) is 5.74. The number of carbonyl (C=O) groups is 1. The standard InChI is InChI=1S/C11H22N2O/c1-3-9-6-5-7-13(8-9)11(14)10(12)4-2/h9-10H,3-8,12H2,1-2H3. The van der Waals surface area contributed by atoms with Gasteiger partial charge < -0.3 is 10.6 Å². The number of piperidine rings is 1. The van der Waals surface area contributed by atoms with Gasteiger partial charge >= 0.3 is 0 Å². The smallest absolute Gasteiger partial charge is 0.239 e.